The van der Waals surface area contributed by atoms with E-state index in [1.54, 1.807) is 12.1 Å². The zero-order valence-corrected chi connectivity index (χ0v) is 19.4. The molecule has 0 aromatic heterocycles. The van der Waals surface area contributed by atoms with Crippen LogP contribution in [0.3, 0.4) is 0 Å². The highest BCUT2D eigenvalue weighted by Crippen LogP contribution is 2.34. The fourth-order valence-electron chi connectivity index (χ4n) is 4.84. The van der Waals surface area contributed by atoms with Gasteiger partial charge in [0, 0.05) is 30.6 Å². The summed E-state index contributed by atoms with van der Waals surface area (Å²) in [7, 11) is 12.9. The molecular formula is C25H25B2N3O5. The Morgan fingerprint density at radius 2 is 1.80 bits per heavy atom. The first-order valence-electron chi connectivity index (χ1n) is 11.7. The van der Waals surface area contributed by atoms with Crippen LogP contribution in [0.5, 0.6) is 5.75 Å². The highest BCUT2D eigenvalue weighted by molar-refractivity contribution is 6.39. The summed E-state index contributed by atoms with van der Waals surface area (Å²) in [5.41, 5.74) is 2.99. The molecule has 176 valence electrons. The number of hydrogen-bond donors (Lipinski definition) is 1. The van der Waals surface area contributed by atoms with Crippen LogP contribution in [-0.2, 0) is 32.8 Å². The molecule has 3 heterocycles. The summed E-state index contributed by atoms with van der Waals surface area (Å²) in [6.07, 6.45) is 0.537. The van der Waals surface area contributed by atoms with E-state index < -0.39 is 17.3 Å². The van der Waals surface area contributed by atoms with Crippen LogP contribution in [-0.4, -0.2) is 75.6 Å². The van der Waals surface area contributed by atoms with Gasteiger partial charge in [0.15, 0.2) is 0 Å². The van der Waals surface area contributed by atoms with Gasteiger partial charge < -0.3 is 19.3 Å². The van der Waals surface area contributed by atoms with Crippen molar-refractivity contribution in [3.05, 3.63) is 64.7 Å². The van der Waals surface area contributed by atoms with Crippen LogP contribution in [0.1, 0.15) is 39.9 Å². The number of nitrogens with zero attached hydrogens (tertiary/aromatic N) is 2. The summed E-state index contributed by atoms with van der Waals surface area (Å²) in [6, 6.07) is 12.3. The van der Waals surface area contributed by atoms with E-state index in [1.807, 2.05) is 35.2 Å². The van der Waals surface area contributed by atoms with Gasteiger partial charge in [0.05, 0.1) is 35.5 Å². The van der Waals surface area contributed by atoms with Gasteiger partial charge in [-0.25, -0.2) is 0 Å². The van der Waals surface area contributed by atoms with Crippen LogP contribution in [0, 0.1) is 0 Å². The number of benzene rings is 2. The van der Waals surface area contributed by atoms with Gasteiger partial charge in [0.1, 0.15) is 18.4 Å². The summed E-state index contributed by atoms with van der Waals surface area (Å²) < 4.78 is 11.5. The van der Waals surface area contributed by atoms with Gasteiger partial charge in [-0.15, -0.1) is 0 Å². The van der Waals surface area contributed by atoms with E-state index in [-0.39, 0.29) is 24.8 Å². The van der Waals surface area contributed by atoms with E-state index in [9.17, 15) is 14.4 Å². The third-order valence-electron chi connectivity index (χ3n) is 6.88. The maximum absolute atomic E-state index is 13.0. The maximum atomic E-state index is 13.0. The summed E-state index contributed by atoms with van der Waals surface area (Å²) >= 11 is 0. The molecule has 1 N–H and O–H groups in total. The second kappa shape index (κ2) is 9.51. The number of imide groups is 1. The molecular weight excluding hydrogens is 444 g/mol. The Labute approximate surface area is 206 Å². The number of rotatable bonds is 6. The minimum atomic E-state index is -1.08. The van der Waals surface area contributed by atoms with Crippen LogP contribution >= 0.6 is 0 Å². The maximum Gasteiger partial charge on any atom is 0.255 e. The molecule has 3 amide bonds. The summed E-state index contributed by atoms with van der Waals surface area (Å²) in [5, 5.41) is 1.24. The lowest BCUT2D eigenvalue weighted by atomic mass is 9.56. The van der Waals surface area contributed by atoms with Gasteiger partial charge in [-0.2, -0.15) is 0 Å². The third-order valence-corrected chi connectivity index (χ3v) is 6.88. The number of nitrogens with one attached hydrogen (secondary N) is 1. The lowest BCUT2D eigenvalue weighted by Crippen LogP contribution is -2.52. The van der Waals surface area contributed by atoms with Gasteiger partial charge in [-0.3, -0.25) is 19.7 Å². The van der Waals surface area contributed by atoms with Crippen LogP contribution in [0.4, 0.5) is 0 Å². The Morgan fingerprint density at radius 3 is 2.51 bits per heavy atom. The Morgan fingerprint density at radius 1 is 1.06 bits per heavy atom. The van der Waals surface area contributed by atoms with Crippen LogP contribution in [0.25, 0.3) is 0 Å². The molecule has 0 saturated carbocycles. The van der Waals surface area contributed by atoms with E-state index in [0.717, 1.165) is 16.7 Å². The van der Waals surface area contributed by atoms with E-state index in [1.165, 1.54) is 4.90 Å². The number of carbonyl (C=O) groups is 3. The number of morpholine rings is 1. The van der Waals surface area contributed by atoms with Gasteiger partial charge in [0.25, 0.3) is 5.91 Å². The Hall–Kier alpha value is -3.10. The van der Waals surface area contributed by atoms with E-state index in [2.05, 4.69) is 5.32 Å². The number of fused-ring (bicyclic) bond motifs is 1. The molecule has 0 spiro atoms. The molecule has 4 radical (unpaired) electrons. The van der Waals surface area contributed by atoms with Gasteiger partial charge in [0.2, 0.25) is 11.8 Å². The van der Waals surface area contributed by atoms with Crippen LogP contribution < -0.4 is 10.1 Å². The summed E-state index contributed by atoms with van der Waals surface area (Å²) in [5.74, 6) is -0.375. The molecule has 0 bridgehead atoms. The first-order chi connectivity index (χ1) is 16.8. The van der Waals surface area contributed by atoms with E-state index in [4.69, 9.17) is 25.2 Å². The van der Waals surface area contributed by atoms with E-state index in [0.29, 0.717) is 50.6 Å². The fourth-order valence-corrected chi connectivity index (χ4v) is 4.84. The van der Waals surface area contributed by atoms with Crippen LogP contribution in [0.15, 0.2) is 42.5 Å². The van der Waals surface area contributed by atoms with Gasteiger partial charge >= 0.3 is 0 Å². The molecule has 3 aliphatic heterocycles. The smallest absolute Gasteiger partial charge is 0.255 e. The fraction of sp³-hybridized carbons (Fsp3) is 0.400. The quantitative estimate of drug-likeness (QED) is 0.498. The predicted octanol–water partition coefficient (Wildman–Crippen LogP) is 0.806. The number of hydrogen-bond acceptors (Lipinski definition) is 6. The number of amides is 3. The number of piperidine rings is 1. The van der Waals surface area contributed by atoms with Crippen molar-refractivity contribution in [2.24, 2.45) is 0 Å². The zero-order valence-electron chi connectivity index (χ0n) is 19.4. The molecule has 1 atom stereocenters. The van der Waals surface area contributed by atoms with Crippen molar-refractivity contribution >= 4 is 33.4 Å². The molecule has 8 nitrogen and oxygen atoms in total. The Balaban J connectivity index is 1.26. The molecule has 2 saturated heterocycles. The number of ether oxygens (including phenoxy) is 2. The van der Waals surface area contributed by atoms with Crippen molar-refractivity contribution in [1.82, 2.24) is 15.1 Å². The lowest BCUT2D eigenvalue weighted by molar-refractivity contribution is -0.136. The third kappa shape index (κ3) is 4.60. The molecule has 10 heteroatoms. The van der Waals surface area contributed by atoms with E-state index >= 15 is 0 Å². The normalized spacial score (nSPS) is 21.1. The SMILES string of the molecule is [B]C([B])(c1ccc(COc2cccc3c2CN(C2CCC(=O)NC2=O)C3=O)cc1)N1CCOCC1. The largest absolute Gasteiger partial charge is 0.489 e. The summed E-state index contributed by atoms with van der Waals surface area (Å²) in [4.78, 5) is 40.3. The molecule has 2 aromatic carbocycles. The second-order valence-corrected chi connectivity index (χ2v) is 9.09. The predicted molar refractivity (Wildman–Crippen MR) is 129 cm³/mol. The molecule has 1 unspecified atom stereocenters. The standard InChI is InChI=1S/C25H25B2N3O5/c26-25(27,29-10-12-34-13-11-29)17-6-4-16(5-7-17)15-35-21-3-1-2-18-19(21)14-30(24(18)33)20-8-9-22(31)28-23(20)32/h1-7,20H,8-15H2,(H,28,31,32). The molecule has 5 rings (SSSR count). The van der Waals surface area contributed by atoms with Crippen molar-refractivity contribution in [1.29, 1.82) is 0 Å². The van der Waals surface area contributed by atoms with Crippen molar-refractivity contribution in [2.45, 2.75) is 37.4 Å². The van der Waals surface area contributed by atoms with Crippen molar-refractivity contribution in [3.8, 4) is 5.75 Å². The molecule has 2 aromatic rings. The molecule has 2 fully saturated rings. The first-order valence-corrected chi connectivity index (χ1v) is 11.7. The monoisotopic (exact) mass is 469 g/mol. The minimum absolute atomic E-state index is 0.217. The average Bonchev–Trinajstić information content (AvgIpc) is 3.20. The van der Waals surface area contributed by atoms with Crippen LogP contribution in [0.2, 0.25) is 0 Å². The second-order valence-electron chi connectivity index (χ2n) is 9.09. The molecule has 35 heavy (non-hydrogen) atoms. The van der Waals surface area contributed by atoms with Crippen molar-refractivity contribution in [3.63, 3.8) is 0 Å². The van der Waals surface area contributed by atoms with Crippen molar-refractivity contribution < 1.29 is 23.9 Å². The van der Waals surface area contributed by atoms with Gasteiger partial charge in [-0.1, -0.05) is 30.3 Å². The summed E-state index contributed by atoms with van der Waals surface area (Å²) in [6.45, 7) is 3.11. The van der Waals surface area contributed by atoms with Crippen molar-refractivity contribution in [2.75, 3.05) is 26.3 Å². The minimum Gasteiger partial charge on any atom is -0.489 e. The van der Waals surface area contributed by atoms with Gasteiger partial charge in [-0.05, 0) is 35.0 Å². The highest BCUT2D eigenvalue weighted by Gasteiger charge is 2.40. The average molecular weight is 469 g/mol. The zero-order chi connectivity index (χ0) is 24.6. The topological polar surface area (TPSA) is 88.2 Å². The Bertz CT molecular complexity index is 1150. The molecule has 0 aliphatic carbocycles. The first kappa shape index (κ1) is 23.6. The highest BCUT2D eigenvalue weighted by atomic mass is 16.5. The lowest BCUT2D eigenvalue weighted by Gasteiger charge is -2.42. The number of carbonyl (C=O) groups excluding carboxylic acids is 3. The molecule has 3 aliphatic rings. The Kier molecular flexibility index (Phi) is 6.42.